The molecule has 0 radical (unpaired) electrons. The third kappa shape index (κ3) is 6.14. The van der Waals surface area contributed by atoms with Crippen LogP contribution in [0.25, 0.3) is 0 Å². The van der Waals surface area contributed by atoms with Crippen LogP contribution in [0.4, 0.5) is 10.5 Å². The fourth-order valence-electron chi connectivity index (χ4n) is 5.49. The number of imide groups is 1. The predicted octanol–water partition coefficient (Wildman–Crippen LogP) is 3.01. The second-order valence-corrected chi connectivity index (χ2v) is 10.3. The molecule has 1 aliphatic carbocycles. The molecule has 2 fully saturated rings. The topological polar surface area (TPSA) is 129 Å². The minimum atomic E-state index is -1.02. The van der Waals surface area contributed by atoms with E-state index in [-0.39, 0.29) is 24.3 Å². The molecule has 2 aliphatic rings. The van der Waals surface area contributed by atoms with Crippen LogP contribution in [0.3, 0.4) is 0 Å². The molecule has 1 aromatic carbocycles. The van der Waals surface area contributed by atoms with Crippen LogP contribution in [0.2, 0.25) is 0 Å². The Labute approximate surface area is 211 Å². The monoisotopic (exact) mass is 498 g/mol. The van der Waals surface area contributed by atoms with Gasteiger partial charge in [-0.25, -0.2) is 4.79 Å². The van der Waals surface area contributed by atoms with E-state index in [2.05, 4.69) is 19.2 Å². The number of benzene rings is 1. The van der Waals surface area contributed by atoms with Crippen molar-refractivity contribution >= 4 is 29.5 Å². The molecule has 1 aliphatic heterocycles. The van der Waals surface area contributed by atoms with E-state index >= 15 is 0 Å². The largest absolute Gasteiger partial charge is 0.494 e. The molecule has 0 bridgehead atoms. The molecule has 10 nitrogen and oxygen atoms in total. The highest BCUT2D eigenvalue weighted by molar-refractivity contribution is 6.09. The van der Waals surface area contributed by atoms with Crippen LogP contribution < -0.4 is 15.0 Å². The van der Waals surface area contributed by atoms with E-state index in [0.717, 1.165) is 11.3 Å². The second kappa shape index (κ2) is 11.0. The van der Waals surface area contributed by atoms with Crippen molar-refractivity contribution in [2.45, 2.75) is 58.9 Å². The molecule has 1 spiro atoms. The minimum absolute atomic E-state index is 0.0895. The molecular weight excluding hydrogens is 464 g/mol. The summed E-state index contributed by atoms with van der Waals surface area (Å²) in [7, 11) is 0. The second-order valence-electron chi connectivity index (χ2n) is 10.3. The molecule has 10 heteroatoms. The highest BCUT2D eigenvalue weighted by atomic mass is 16.5. The first-order valence-electron chi connectivity index (χ1n) is 12.2. The van der Waals surface area contributed by atoms with E-state index < -0.39 is 42.5 Å². The predicted molar refractivity (Wildman–Crippen MR) is 131 cm³/mol. The van der Waals surface area contributed by atoms with Gasteiger partial charge in [0, 0.05) is 12.2 Å². The maximum absolute atomic E-state index is 13.2. The minimum Gasteiger partial charge on any atom is -0.494 e. The van der Waals surface area contributed by atoms with Crippen LogP contribution in [0.5, 0.6) is 5.75 Å². The lowest BCUT2D eigenvalue weighted by molar-refractivity contribution is -0.151. The Bertz CT molecular complexity index is 1050. The van der Waals surface area contributed by atoms with Gasteiger partial charge in [0.25, 0.3) is 11.8 Å². The van der Waals surface area contributed by atoms with E-state index in [1.165, 1.54) is 4.90 Å². The molecule has 2 unspecified atom stereocenters. The van der Waals surface area contributed by atoms with Crippen molar-refractivity contribution in [2.75, 3.05) is 31.2 Å². The fourth-order valence-corrected chi connectivity index (χ4v) is 5.49. The number of nitriles is 1. The van der Waals surface area contributed by atoms with Crippen molar-refractivity contribution < 1.29 is 28.7 Å². The lowest BCUT2D eigenvalue weighted by Gasteiger charge is -2.43. The summed E-state index contributed by atoms with van der Waals surface area (Å²) in [5, 5.41) is 11.8. The number of anilines is 1. The number of rotatable bonds is 9. The maximum atomic E-state index is 13.2. The van der Waals surface area contributed by atoms with Crippen LogP contribution in [0.15, 0.2) is 24.3 Å². The summed E-state index contributed by atoms with van der Waals surface area (Å²) in [6, 6.07) is 8.15. The van der Waals surface area contributed by atoms with Gasteiger partial charge in [-0.1, -0.05) is 20.8 Å². The first kappa shape index (κ1) is 27.0. The van der Waals surface area contributed by atoms with Crippen LogP contribution in [0.1, 0.15) is 53.4 Å². The van der Waals surface area contributed by atoms with Crippen LogP contribution in [0, 0.1) is 22.7 Å². The summed E-state index contributed by atoms with van der Waals surface area (Å²) in [5.41, 5.74) is -0.618. The molecule has 1 aromatic rings. The summed E-state index contributed by atoms with van der Waals surface area (Å²) in [4.78, 5) is 53.4. The first-order chi connectivity index (χ1) is 17.0. The Kier molecular flexibility index (Phi) is 8.23. The zero-order valence-electron chi connectivity index (χ0n) is 21.3. The molecule has 36 heavy (non-hydrogen) atoms. The number of ether oxygens (including phenoxy) is 2. The normalized spacial score (nSPS) is 22.6. The summed E-state index contributed by atoms with van der Waals surface area (Å²) < 4.78 is 10.5. The van der Waals surface area contributed by atoms with Crippen LogP contribution in [-0.4, -0.2) is 60.6 Å². The van der Waals surface area contributed by atoms with Crippen LogP contribution >= 0.6 is 0 Å². The molecule has 1 heterocycles. The average Bonchev–Trinajstić information content (AvgIpc) is 3.00. The Morgan fingerprint density at radius 3 is 2.53 bits per heavy atom. The van der Waals surface area contributed by atoms with Gasteiger partial charge in [-0.3, -0.25) is 19.3 Å². The highest BCUT2D eigenvalue weighted by Crippen LogP contribution is 2.46. The zero-order valence-corrected chi connectivity index (χ0v) is 21.3. The van der Waals surface area contributed by atoms with Gasteiger partial charge in [-0.2, -0.15) is 5.26 Å². The number of hydrogen-bond donors (Lipinski definition) is 1. The van der Waals surface area contributed by atoms with Crippen molar-refractivity contribution in [3.63, 3.8) is 0 Å². The van der Waals surface area contributed by atoms with Gasteiger partial charge in [0.05, 0.1) is 19.1 Å². The SMILES string of the molecule is CCOc1ccc(N(CCC#N)C(=O)COC(=O)CN2C(=O)NC3(CC(C)CC(C)(C)C3)C2=O)cc1. The molecular formula is C26H34N4O6. The summed E-state index contributed by atoms with van der Waals surface area (Å²) >= 11 is 0. The number of hydrogen-bond acceptors (Lipinski definition) is 7. The van der Waals surface area contributed by atoms with Crippen molar-refractivity contribution in [3.8, 4) is 11.8 Å². The van der Waals surface area contributed by atoms with Gasteiger partial charge >= 0.3 is 12.0 Å². The van der Waals surface area contributed by atoms with Gasteiger partial charge in [0.1, 0.15) is 17.8 Å². The number of nitrogens with one attached hydrogen (secondary N) is 1. The standard InChI is InChI=1S/C26H34N4O6/c1-5-35-20-9-7-19(8-10-20)29(12-6-11-27)21(31)16-36-22(32)15-30-23(33)26(28-24(30)34)14-18(2)13-25(3,4)17-26/h7-10,18H,5-6,12-17H2,1-4H3,(H,28,34). The first-order valence-corrected chi connectivity index (χ1v) is 12.2. The summed E-state index contributed by atoms with van der Waals surface area (Å²) in [6.45, 7) is 7.50. The smallest absolute Gasteiger partial charge is 0.326 e. The number of urea groups is 1. The Hall–Kier alpha value is -3.61. The lowest BCUT2D eigenvalue weighted by atomic mass is 9.64. The van der Waals surface area contributed by atoms with Gasteiger partial charge < -0.3 is 19.7 Å². The molecule has 4 amide bonds. The Morgan fingerprint density at radius 2 is 1.92 bits per heavy atom. The highest BCUT2D eigenvalue weighted by Gasteiger charge is 2.56. The zero-order chi connectivity index (χ0) is 26.5. The molecule has 3 rings (SSSR count). The van der Waals surface area contributed by atoms with E-state index in [0.29, 0.717) is 30.9 Å². The molecule has 1 N–H and O–H groups in total. The molecule has 1 saturated carbocycles. The maximum Gasteiger partial charge on any atom is 0.326 e. The van der Waals surface area contributed by atoms with Gasteiger partial charge in [0.15, 0.2) is 6.61 Å². The molecule has 0 aromatic heterocycles. The Morgan fingerprint density at radius 1 is 1.22 bits per heavy atom. The van der Waals surface area contributed by atoms with Crippen molar-refractivity contribution in [3.05, 3.63) is 24.3 Å². The number of esters is 1. The van der Waals surface area contributed by atoms with E-state index in [4.69, 9.17) is 14.7 Å². The van der Waals surface area contributed by atoms with E-state index in [9.17, 15) is 19.2 Å². The third-order valence-electron chi connectivity index (χ3n) is 6.48. The number of carbonyl (C=O) groups excluding carboxylic acids is 4. The van der Waals surface area contributed by atoms with Gasteiger partial charge in [-0.05, 0) is 61.8 Å². The Balaban J connectivity index is 1.61. The molecule has 2 atom stereocenters. The van der Waals surface area contributed by atoms with Crippen LogP contribution in [-0.2, 0) is 19.1 Å². The van der Waals surface area contributed by atoms with Gasteiger partial charge in [0.2, 0.25) is 0 Å². The van der Waals surface area contributed by atoms with E-state index in [1.54, 1.807) is 24.3 Å². The number of amides is 4. The van der Waals surface area contributed by atoms with Gasteiger partial charge in [-0.15, -0.1) is 0 Å². The lowest BCUT2D eigenvalue weighted by Crippen LogP contribution is -2.54. The number of carbonyl (C=O) groups is 4. The average molecular weight is 499 g/mol. The summed E-state index contributed by atoms with van der Waals surface area (Å²) in [5.74, 6) is -0.939. The van der Waals surface area contributed by atoms with Crippen molar-refractivity contribution in [1.29, 1.82) is 5.26 Å². The fraction of sp³-hybridized carbons (Fsp3) is 0.577. The summed E-state index contributed by atoms with van der Waals surface area (Å²) in [6.07, 6.45) is 2.04. The quantitative estimate of drug-likeness (QED) is 0.409. The molecule has 194 valence electrons. The number of nitrogens with zero attached hydrogens (tertiary/aromatic N) is 3. The molecule has 1 saturated heterocycles. The van der Waals surface area contributed by atoms with Crippen molar-refractivity contribution in [2.24, 2.45) is 11.3 Å². The third-order valence-corrected chi connectivity index (χ3v) is 6.48. The van der Waals surface area contributed by atoms with E-state index in [1.807, 2.05) is 19.9 Å². The van der Waals surface area contributed by atoms with Crippen molar-refractivity contribution in [1.82, 2.24) is 10.2 Å².